The summed E-state index contributed by atoms with van der Waals surface area (Å²) in [5.41, 5.74) is 5.62. The van der Waals surface area contributed by atoms with Crippen LogP contribution in [0.15, 0.2) is 72.8 Å². The summed E-state index contributed by atoms with van der Waals surface area (Å²) in [6, 6.07) is 23.6. The smallest absolute Gasteiger partial charge is 0.255 e. The molecule has 3 aromatic rings. The molecule has 0 spiro atoms. The lowest BCUT2D eigenvalue weighted by molar-refractivity contribution is 0.0746. The van der Waals surface area contributed by atoms with Crippen LogP contribution in [0.3, 0.4) is 0 Å². The van der Waals surface area contributed by atoms with Gasteiger partial charge in [-0.3, -0.25) is 9.59 Å². The number of nitrogens with one attached hydrogen (secondary N) is 1. The second-order valence-electron chi connectivity index (χ2n) is 9.25. The second-order valence-corrected chi connectivity index (χ2v) is 9.25. The molecule has 0 saturated carbocycles. The summed E-state index contributed by atoms with van der Waals surface area (Å²) in [4.78, 5) is 29.7. The van der Waals surface area contributed by atoms with Crippen LogP contribution in [0.2, 0.25) is 0 Å². The molecular weight excluding hydrogens is 434 g/mol. The maximum atomic E-state index is 12.9. The molecule has 35 heavy (non-hydrogen) atoms. The highest BCUT2D eigenvalue weighted by atomic mass is 16.2. The lowest BCUT2D eigenvalue weighted by Crippen LogP contribution is -2.48. The van der Waals surface area contributed by atoms with Crippen LogP contribution in [0.25, 0.3) is 0 Å². The lowest BCUT2D eigenvalue weighted by atomic mass is 10.1. The van der Waals surface area contributed by atoms with Gasteiger partial charge in [0.05, 0.1) is 0 Å². The van der Waals surface area contributed by atoms with Crippen LogP contribution in [-0.2, 0) is 6.42 Å². The number of unbranched alkanes of at least 4 members (excludes halogenated alkanes) is 2. The number of carbonyl (C=O) groups is 2. The highest BCUT2D eigenvalue weighted by molar-refractivity contribution is 6.04. The molecule has 4 rings (SSSR count). The molecule has 1 heterocycles. The predicted molar refractivity (Wildman–Crippen MR) is 143 cm³/mol. The largest absolute Gasteiger partial charge is 0.368 e. The molecule has 0 atom stereocenters. The zero-order valence-electron chi connectivity index (χ0n) is 20.8. The summed E-state index contributed by atoms with van der Waals surface area (Å²) in [6.07, 6.45) is 4.69. The number of hydrogen-bond acceptors (Lipinski definition) is 3. The van der Waals surface area contributed by atoms with Crippen molar-refractivity contribution in [3.8, 4) is 0 Å². The Morgan fingerprint density at radius 3 is 2.17 bits per heavy atom. The first-order valence-electron chi connectivity index (χ1n) is 12.7. The Morgan fingerprint density at radius 1 is 0.829 bits per heavy atom. The summed E-state index contributed by atoms with van der Waals surface area (Å²) in [5.74, 6) is 0.0102. The van der Waals surface area contributed by atoms with E-state index in [9.17, 15) is 9.59 Å². The third kappa shape index (κ3) is 6.30. The number of carbonyl (C=O) groups excluding carboxylic acids is 2. The van der Waals surface area contributed by atoms with Gasteiger partial charge in [-0.05, 0) is 73.4 Å². The van der Waals surface area contributed by atoms with E-state index in [1.165, 1.54) is 24.8 Å². The van der Waals surface area contributed by atoms with E-state index in [4.69, 9.17) is 0 Å². The zero-order chi connectivity index (χ0) is 24.6. The summed E-state index contributed by atoms with van der Waals surface area (Å²) in [7, 11) is 0. The highest BCUT2D eigenvalue weighted by Gasteiger charge is 2.23. The summed E-state index contributed by atoms with van der Waals surface area (Å²) in [6.45, 7) is 7.14. The van der Waals surface area contributed by atoms with Crippen LogP contribution in [0.5, 0.6) is 0 Å². The fourth-order valence-corrected chi connectivity index (χ4v) is 4.51. The Balaban J connectivity index is 1.29. The molecule has 0 bridgehead atoms. The SMILES string of the molecule is CCCCCc1ccc(C(=O)Nc2ccc(N3CCN(C(=O)c4ccccc4C)CC3)cc2)cc1. The van der Waals surface area contributed by atoms with Gasteiger partial charge in [0.25, 0.3) is 11.8 Å². The van der Waals surface area contributed by atoms with Gasteiger partial charge in [0.2, 0.25) is 0 Å². The third-order valence-electron chi connectivity index (χ3n) is 6.72. The van der Waals surface area contributed by atoms with Gasteiger partial charge < -0.3 is 15.1 Å². The average Bonchev–Trinajstić information content (AvgIpc) is 2.90. The molecule has 1 aliphatic heterocycles. The molecule has 182 valence electrons. The van der Waals surface area contributed by atoms with Gasteiger partial charge in [-0.15, -0.1) is 0 Å². The first kappa shape index (κ1) is 24.5. The zero-order valence-corrected chi connectivity index (χ0v) is 20.8. The van der Waals surface area contributed by atoms with Crippen LogP contribution in [-0.4, -0.2) is 42.9 Å². The van der Waals surface area contributed by atoms with E-state index in [1.54, 1.807) is 0 Å². The van der Waals surface area contributed by atoms with E-state index in [1.807, 2.05) is 72.5 Å². The van der Waals surface area contributed by atoms with Crippen molar-refractivity contribution in [1.29, 1.82) is 0 Å². The monoisotopic (exact) mass is 469 g/mol. The van der Waals surface area contributed by atoms with E-state index in [-0.39, 0.29) is 11.8 Å². The van der Waals surface area contributed by atoms with Gasteiger partial charge in [0.1, 0.15) is 0 Å². The Bertz CT molecular complexity index is 1130. The summed E-state index contributed by atoms with van der Waals surface area (Å²) in [5, 5.41) is 3.00. The Labute approximate surface area is 208 Å². The molecule has 5 nitrogen and oxygen atoms in total. The predicted octanol–water partition coefficient (Wildman–Crippen LogP) is 5.94. The van der Waals surface area contributed by atoms with E-state index in [0.717, 1.165) is 42.0 Å². The fraction of sp³-hybridized carbons (Fsp3) is 0.333. The van der Waals surface area contributed by atoms with Gasteiger partial charge in [0, 0.05) is 48.7 Å². The minimum absolute atomic E-state index is 0.0961. The summed E-state index contributed by atoms with van der Waals surface area (Å²) >= 11 is 0. The van der Waals surface area contributed by atoms with Crippen molar-refractivity contribution in [2.24, 2.45) is 0 Å². The quantitative estimate of drug-likeness (QED) is 0.415. The Morgan fingerprint density at radius 2 is 1.51 bits per heavy atom. The van der Waals surface area contributed by atoms with Gasteiger partial charge in [-0.25, -0.2) is 0 Å². The van der Waals surface area contributed by atoms with Gasteiger partial charge in [0.15, 0.2) is 0 Å². The molecule has 0 aliphatic carbocycles. The first-order valence-corrected chi connectivity index (χ1v) is 12.7. The number of piperazine rings is 1. The molecule has 0 aromatic heterocycles. The van der Waals surface area contributed by atoms with Gasteiger partial charge in [-0.1, -0.05) is 50.1 Å². The number of hydrogen-bond donors (Lipinski definition) is 1. The van der Waals surface area contributed by atoms with Crippen LogP contribution < -0.4 is 10.2 Å². The van der Waals surface area contributed by atoms with Crippen molar-refractivity contribution in [3.63, 3.8) is 0 Å². The number of aryl methyl sites for hydroxylation is 2. The molecule has 1 aliphatic rings. The van der Waals surface area contributed by atoms with Crippen molar-refractivity contribution < 1.29 is 9.59 Å². The number of benzene rings is 3. The molecule has 0 radical (unpaired) electrons. The Hall–Kier alpha value is -3.60. The number of amides is 2. The molecule has 0 unspecified atom stereocenters. The average molecular weight is 470 g/mol. The van der Waals surface area contributed by atoms with Crippen LogP contribution >= 0.6 is 0 Å². The molecule has 1 N–H and O–H groups in total. The second kappa shape index (κ2) is 11.7. The minimum atomic E-state index is -0.0961. The maximum Gasteiger partial charge on any atom is 0.255 e. The van der Waals surface area contributed by atoms with Crippen molar-refractivity contribution in [1.82, 2.24) is 4.90 Å². The van der Waals surface area contributed by atoms with Gasteiger partial charge >= 0.3 is 0 Å². The highest BCUT2D eigenvalue weighted by Crippen LogP contribution is 2.21. The number of anilines is 2. The lowest BCUT2D eigenvalue weighted by Gasteiger charge is -2.36. The van der Waals surface area contributed by atoms with E-state index < -0.39 is 0 Å². The molecule has 5 heteroatoms. The van der Waals surface area contributed by atoms with Crippen molar-refractivity contribution >= 4 is 23.2 Å². The molecule has 2 amide bonds. The van der Waals surface area contributed by atoms with Crippen LogP contribution in [0.1, 0.15) is 58.0 Å². The topological polar surface area (TPSA) is 52.7 Å². The molecule has 1 fully saturated rings. The Kier molecular flexibility index (Phi) is 8.19. The first-order chi connectivity index (χ1) is 17.0. The van der Waals surface area contributed by atoms with Crippen molar-refractivity contribution in [3.05, 3.63) is 95.1 Å². The van der Waals surface area contributed by atoms with Crippen molar-refractivity contribution in [2.45, 2.75) is 39.5 Å². The molecule has 1 saturated heterocycles. The number of nitrogens with zero attached hydrogens (tertiary/aromatic N) is 2. The van der Waals surface area contributed by atoms with Gasteiger partial charge in [-0.2, -0.15) is 0 Å². The van der Waals surface area contributed by atoms with Crippen LogP contribution in [0, 0.1) is 6.92 Å². The fourth-order valence-electron chi connectivity index (χ4n) is 4.51. The minimum Gasteiger partial charge on any atom is -0.368 e. The molecular formula is C30H35N3O2. The molecule has 3 aromatic carbocycles. The third-order valence-corrected chi connectivity index (χ3v) is 6.72. The standard InChI is InChI=1S/C30H35N3O2/c1-3-4-5-9-24-11-13-25(14-12-24)29(34)31-26-15-17-27(18-16-26)32-19-21-33(22-20-32)30(35)28-10-7-6-8-23(28)2/h6-8,10-18H,3-5,9,19-22H2,1-2H3,(H,31,34). The number of rotatable bonds is 8. The summed E-state index contributed by atoms with van der Waals surface area (Å²) < 4.78 is 0. The normalized spacial score (nSPS) is 13.5. The maximum absolute atomic E-state index is 12.9. The van der Waals surface area contributed by atoms with E-state index in [0.29, 0.717) is 18.7 Å². The van der Waals surface area contributed by atoms with Crippen molar-refractivity contribution in [2.75, 3.05) is 36.4 Å². The van der Waals surface area contributed by atoms with E-state index in [2.05, 4.69) is 29.3 Å². The van der Waals surface area contributed by atoms with E-state index >= 15 is 0 Å². The van der Waals surface area contributed by atoms with Crippen LogP contribution in [0.4, 0.5) is 11.4 Å².